The highest BCUT2D eigenvalue weighted by molar-refractivity contribution is 9.10. The van der Waals surface area contributed by atoms with Crippen molar-refractivity contribution in [2.45, 2.75) is 0 Å². The van der Waals surface area contributed by atoms with Gasteiger partial charge in [0.25, 0.3) is 0 Å². The lowest BCUT2D eigenvalue weighted by molar-refractivity contribution is 0.587. The third kappa shape index (κ3) is 0.991. The Labute approximate surface area is 71.3 Å². The largest absolute Gasteiger partial charge is 0.449 e. The van der Waals surface area contributed by atoms with E-state index in [0.29, 0.717) is 10.5 Å². The monoisotopic (exact) mass is 212 g/mol. The normalized spacial score (nSPS) is 10.6. The van der Waals surface area contributed by atoms with E-state index in [4.69, 9.17) is 10.2 Å². The first kappa shape index (κ1) is 6.67. The van der Waals surface area contributed by atoms with Crippen molar-refractivity contribution in [1.29, 1.82) is 0 Å². The molecule has 2 rings (SSSR count). The minimum Gasteiger partial charge on any atom is -0.449 e. The number of fused-ring (bicyclic) bond motifs is 1. The maximum absolute atomic E-state index is 5.58. The third-order valence-corrected chi connectivity index (χ3v) is 1.84. The van der Waals surface area contributed by atoms with Crippen LogP contribution in [0.4, 0.5) is 5.82 Å². The molecular formula is C7H5BrN2O. The van der Waals surface area contributed by atoms with Crippen LogP contribution in [0.3, 0.4) is 0 Å². The molecule has 11 heavy (non-hydrogen) atoms. The zero-order valence-electron chi connectivity index (χ0n) is 5.54. The molecule has 4 heteroatoms. The summed E-state index contributed by atoms with van der Waals surface area (Å²) in [6.45, 7) is 0. The Hall–Kier alpha value is -1.03. The van der Waals surface area contributed by atoms with Crippen molar-refractivity contribution in [2.75, 3.05) is 5.73 Å². The lowest BCUT2D eigenvalue weighted by Gasteiger charge is -1.89. The first-order chi connectivity index (χ1) is 5.27. The lowest BCUT2D eigenvalue weighted by Crippen LogP contribution is -1.87. The Kier molecular flexibility index (Phi) is 1.35. The van der Waals surface area contributed by atoms with Crippen LogP contribution in [0.2, 0.25) is 0 Å². The fourth-order valence-corrected chi connectivity index (χ4v) is 1.36. The second-order valence-corrected chi connectivity index (χ2v) is 2.94. The molecule has 0 aromatic carbocycles. The maximum Gasteiger partial charge on any atom is 0.170 e. The lowest BCUT2D eigenvalue weighted by atomic mass is 10.3. The number of hydrogen-bond donors (Lipinski definition) is 1. The van der Waals surface area contributed by atoms with Crippen LogP contribution in [-0.4, -0.2) is 4.98 Å². The van der Waals surface area contributed by atoms with Crippen LogP contribution in [-0.2, 0) is 0 Å². The predicted molar refractivity (Wildman–Crippen MR) is 46.1 cm³/mol. The number of anilines is 1. The fourth-order valence-electron chi connectivity index (χ4n) is 0.953. The molecule has 0 radical (unpaired) electrons. The molecule has 0 spiro atoms. The van der Waals surface area contributed by atoms with E-state index >= 15 is 0 Å². The summed E-state index contributed by atoms with van der Waals surface area (Å²) in [6, 6.07) is 3.58. The SMILES string of the molecule is Nc1nccc2oc(Br)cc12. The molecule has 3 nitrogen and oxygen atoms in total. The van der Waals surface area contributed by atoms with Crippen molar-refractivity contribution in [3.05, 3.63) is 23.0 Å². The second kappa shape index (κ2) is 2.23. The number of nitrogens with two attached hydrogens (primary N) is 1. The Morgan fingerprint density at radius 1 is 1.55 bits per heavy atom. The van der Waals surface area contributed by atoms with Gasteiger partial charge in [-0.25, -0.2) is 4.98 Å². The average molecular weight is 213 g/mol. The van der Waals surface area contributed by atoms with Crippen LogP contribution in [0.25, 0.3) is 11.0 Å². The zero-order chi connectivity index (χ0) is 7.84. The minimum atomic E-state index is 0.497. The molecule has 0 fully saturated rings. The number of pyridine rings is 1. The molecule has 0 saturated heterocycles. The van der Waals surface area contributed by atoms with Crippen LogP contribution in [0.1, 0.15) is 0 Å². The summed E-state index contributed by atoms with van der Waals surface area (Å²) < 4.78 is 5.92. The number of rotatable bonds is 0. The zero-order valence-corrected chi connectivity index (χ0v) is 7.13. The van der Waals surface area contributed by atoms with Gasteiger partial charge in [0.15, 0.2) is 4.67 Å². The fraction of sp³-hybridized carbons (Fsp3) is 0. The molecule has 2 heterocycles. The van der Waals surface area contributed by atoms with Gasteiger partial charge in [-0.05, 0) is 22.0 Å². The van der Waals surface area contributed by atoms with Crippen molar-refractivity contribution in [1.82, 2.24) is 4.98 Å². The van der Waals surface area contributed by atoms with Crippen molar-refractivity contribution < 1.29 is 4.42 Å². The average Bonchev–Trinajstić information content (AvgIpc) is 2.31. The summed E-state index contributed by atoms with van der Waals surface area (Å²) in [6.07, 6.45) is 1.62. The van der Waals surface area contributed by atoms with Gasteiger partial charge in [0, 0.05) is 12.3 Å². The third-order valence-electron chi connectivity index (χ3n) is 1.45. The smallest absolute Gasteiger partial charge is 0.170 e. The topological polar surface area (TPSA) is 52.0 Å². The van der Waals surface area contributed by atoms with Crippen molar-refractivity contribution in [3.63, 3.8) is 0 Å². The first-order valence-electron chi connectivity index (χ1n) is 3.07. The summed E-state index contributed by atoms with van der Waals surface area (Å²) >= 11 is 3.21. The van der Waals surface area contributed by atoms with Crippen LogP contribution in [0, 0.1) is 0 Å². The van der Waals surface area contributed by atoms with Crippen molar-refractivity contribution >= 4 is 32.7 Å². The Bertz CT molecular complexity index is 396. The second-order valence-electron chi connectivity index (χ2n) is 2.16. The van der Waals surface area contributed by atoms with E-state index in [1.54, 1.807) is 18.3 Å². The van der Waals surface area contributed by atoms with E-state index in [1.165, 1.54) is 0 Å². The Morgan fingerprint density at radius 3 is 3.09 bits per heavy atom. The summed E-state index contributed by atoms with van der Waals surface area (Å²) in [5.74, 6) is 0.497. The molecule has 0 atom stereocenters. The van der Waals surface area contributed by atoms with Crippen LogP contribution >= 0.6 is 15.9 Å². The van der Waals surface area contributed by atoms with E-state index < -0.39 is 0 Å². The summed E-state index contributed by atoms with van der Waals surface area (Å²) in [7, 11) is 0. The van der Waals surface area contributed by atoms with Gasteiger partial charge in [0.2, 0.25) is 0 Å². The minimum absolute atomic E-state index is 0.497. The number of nitrogen functional groups attached to an aromatic ring is 1. The van der Waals surface area contributed by atoms with Gasteiger partial charge in [-0.1, -0.05) is 0 Å². The van der Waals surface area contributed by atoms with Gasteiger partial charge in [-0.3, -0.25) is 0 Å². The van der Waals surface area contributed by atoms with Gasteiger partial charge in [0.05, 0.1) is 5.39 Å². The van der Waals surface area contributed by atoms with E-state index in [0.717, 1.165) is 11.0 Å². The molecular weight excluding hydrogens is 208 g/mol. The summed E-state index contributed by atoms with van der Waals surface area (Å²) in [4.78, 5) is 3.92. The van der Waals surface area contributed by atoms with E-state index in [2.05, 4.69) is 20.9 Å². The highest BCUT2D eigenvalue weighted by atomic mass is 79.9. The Morgan fingerprint density at radius 2 is 2.36 bits per heavy atom. The highest BCUT2D eigenvalue weighted by Gasteiger charge is 2.03. The van der Waals surface area contributed by atoms with Gasteiger partial charge in [-0.15, -0.1) is 0 Å². The van der Waals surface area contributed by atoms with Gasteiger partial charge < -0.3 is 10.2 Å². The highest BCUT2D eigenvalue weighted by Crippen LogP contribution is 2.25. The number of furan rings is 1. The first-order valence-corrected chi connectivity index (χ1v) is 3.86. The van der Waals surface area contributed by atoms with Crippen LogP contribution < -0.4 is 5.73 Å². The summed E-state index contributed by atoms with van der Waals surface area (Å²) in [5.41, 5.74) is 6.33. The molecule has 2 aromatic heterocycles. The molecule has 2 N–H and O–H groups in total. The standard InChI is InChI=1S/C7H5BrN2O/c8-6-3-4-5(11-6)1-2-10-7(4)9/h1-3H,(H2,9,10). The number of halogens is 1. The van der Waals surface area contributed by atoms with E-state index in [-0.39, 0.29) is 0 Å². The van der Waals surface area contributed by atoms with E-state index in [9.17, 15) is 0 Å². The molecule has 0 amide bonds. The molecule has 56 valence electrons. The van der Waals surface area contributed by atoms with Crippen LogP contribution in [0.5, 0.6) is 0 Å². The summed E-state index contributed by atoms with van der Waals surface area (Å²) in [5, 5.41) is 0.847. The molecule has 0 aliphatic carbocycles. The predicted octanol–water partition coefficient (Wildman–Crippen LogP) is 2.17. The van der Waals surface area contributed by atoms with Gasteiger partial charge in [-0.2, -0.15) is 0 Å². The number of aromatic nitrogens is 1. The van der Waals surface area contributed by atoms with E-state index in [1.807, 2.05) is 0 Å². The molecule has 0 bridgehead atoms. The number of hydrogen-bond acceptors (Lipinski definition) is 3. The maximum atomic E-state index is 5.58. The van der Waals surface area contributed by atoms with Gasteiger partial charge >= 0.3 is 0 Å². The number of nitrogens with zero attached hydrogens (tertiary/aromatic N) is 1. The van der Waals surface area contributed by atoms with Crippen LogP contribution in [0.15, 0.2) is 27.4 Å². The quantitative estimate of drug-likeness (QED) is 0.729. The molecule has 0 aliphatic rings. The molecule has 0 saturated carbocycles. The van der Waals surface area contributed by atoms with Crippen molar-refractivity contribution in [2.24, 2.45) is 0 Å². The molecule has 0 unspecified atom stereocenters. The van der Waals surface area contributed by atoms with Gasteiger partial charge in [0.1, 0.15) is 11.4 Å². The Balaban J connectivity index is 2.90. The molecule has 2 aromatic rings. The van der Waals surface area contributed by atoms with Crippen molar-refractivity contribution in [3.8, 4) is 0 Å². The molecule has 0 aliphatic heterocycles.